The number of carbonyl (C=O) groups excluding carboxylic acids is 2. The van der Waals surface area contributed by atoms with Crippen LogP contribution in [0.15, 0.2) is 18.2 Å². The summed E-state index contributed by atoms with van der Waals surface area (Å²) in [6.07, 6.45) is -5.37. The summed E-state index contributed by atoms with van der Waals surface area (Å²) in [6, 6.07) is 1.67. The van der Waals surface area contributed by atoms with E-state index in [4.69, 9.17) is 0 Å². The largest absolute Gasteiger partial charge is 0.463 e. The number of halogens is 5. The van der Waals surface area contributed by atoms with Gasteiger partial charge in [0.15, 0.2) is 0 Å². The molecule has 0 heterocycles. The molecule has 10 heteroatoms. The van der Waals surface area contributed by atoms with E-state index in [0.29, 0.717) is 18.2 Å². The van der Waals surface area contributed by atoms with Gasteiger partial charge in [-0.1, -0.05) is 0 Å². The molecule has 1 atom stereocenters. The molecule has 2 N–H and O–H groups in total. The second-order valence-electron chi connectivity index (χ2n) is 4.40. The number of alkyl halides is 3. The maximum absolute atomic E-state index is 13.6. The van der Waals surface area contributed by atoms with Gasteiger partial charge in [-0.05, 0) is 19.1 Å². The van der Waals surface area contributed by atoms with E-state index in [1.54, 1.807) is 5.32 Å². The van der Waals surface area contributed by atoms with Crippen molar-refractivity contribution in [3.8, 4) is 0 Å². The molecule has 128 valence electrons. The van der Waals surface area contributed by atoms with Crippen LogP contribution in [0.1, 0.15) is 13.8 Å². The van der Waals surface area contributed by atoms with E-state index < -0.39 is 47.6 Å². The fourth-order valence-electron chi connectivity index (χ4n) is 1.69. The number of ether oxygens (including phenoxy) is 1. The van der Waals surface area contributed by atoms with Crippen molar-refractivity contribution in [3.63, 3.8) is 0 Å². The standard InChI is InChI=1S/C13H13F5N2O3/c1-3-23-11(22)12(13(16,17)18,19-7(2)21)20-10-5-4-8(14)6-9(10)15/h4-6,20H,3H2,1-2H3,(H,19,21)/t12-/m1/s1. The molecular formula is C13H13F5N2O3. The number of nitrogens with one attached hydrogen (secondary N) is 2. The zero-order valence-corrected chi connectivity index (χ0v) is 12.1. The Labute approximate surface area is 127 Å². The van der Waals surface area contributed by atoms with Crippen LogP contribution in [0.25, 0.3) is 0 Å². The van der Waals surface area contributed by atoms with Crippen LogP contribution in [0.3, 0.4) is 0 Å². The first-order valence-electron chi connectivity index (χ1n) is 6.29. The molecule has 0 fully saturated rings. The van der Waals surface area contributed by atoms with Gasteiger partial charge in [0.25, 0.3) is 0 Å². The molecule has 0 aliphatic heterocycles. The number of hydrogen-bond donors (Lipinski definition) is 2. The van der Waals surface area contributed by atoms with Gasteiger partial charge in [0.05, 0.1) is 12.3 Å². The van der Waals surface area contributed by atoms with Gasteiger partial charge >= 0.3 is 17.8 Å². The SMILES string of the molecule is CCOC(=O)[C@@](NC(C)=O)(Nc1ccc(F)cc1F)C(F)(F)F. The minimum atomic E-state index is -5.37. The minimum absolute atomic E-state index is 0.322. The van der Waals surface area contributed by atoms with Crippen molar-refractivity contribution < 1.29 is 36.3 Å². The predicted molar refractivity (Wildman–Crippen MR) is 69.2 cm³/mol. The molecule has 0 unspecified atom stereocenters. The molecule has 0 radical (unpaired) electrons. The van der Waals surface area contributed by atoms with Gasteiger partial charge in [-0.3, -0.25) is 4.79 Å². The first-order valence-corrected chi connectivity index (χ1v) is 6.29. The zero-order chi connectivity index (χ0) is 17.8. The van der Waals surface area contributed by atoms with Gasteiger partial charge in [0, 0.05) is 13.0 Å². The quantitative estimate of drug-likeness (QED) is 0.490. The first-order chi connectivity index (χ1) is 10.5. The van der Waals surface area contributed by atoms with Crippen molar-refractivity contribution in [1.29, 1.82) is 0 Å². The Balaban J connectivity index is 3.41. The third kappa shape index (κ3) is 4.08. The number of rotatable bonds is 5. The summed E-state index contributed by atoms with van der Waals surface area (Å²) in [4.78, 5) is 22.9. The van der Waals surface area contributed by atoms with Gasteiger partial charge in [-0.25, -0.2) is 13.6 Å². The smallest absolute Gasteiger partial charge is 0.441 e. The topological polar surface area (TPSA) is 67.4 Å². The van der Waals surface area contributed by atoms with Crippen LogP contribution in [-0.2, 0) is 14.3 Å². The maximum Gasteiger partial charge on any atom is 0.441 e. The lowest BCUT2D eigenvalue weighted by atomic mass is 10.1. The lowest BCUT2D eigenvalue weighted by molar-refractivity contribution is -0.207. The lowest BCUT2D eigenvalue weighted by Crippen LogP contribution is -2.69. The van der Waals surface area contributed by atoms with Crippen LogP contribution < -0.4 is 10.6 Å². The normalized spacial score (nSPS) is 13.9. The number of amides is 1. The molecule has 0 saturated carbocycles. The second kappa shape index (κ2) is 6.80. The molecular weight excluding hydrogens is 327 g/mol. The van der Waals surface area contributed by atoms with Crippen molar-refractivity contribution in [3.05, 3.63) is 29.8 Å². The summed E-state index contributed by atoms with van der Waals surface area (Å²) in [6.45, 7) is 1.58. The molecule has 0 aliphatic carbocycles. The Morgan fingerprint density at radius 3 is 2.26 bits per heavy atom. The van der Waals surface area contributed by atoms with Crippen LogP contribution in [0.2, 0.25) is 0 Å². The molecule has 1 aromatic carbocycles. The summed E-state index contributed by atoms with van der Waals surface area (Å²) in [5, 5.41) is 2.97. The Bertz CT molecular complexity index is 606. The minimum Gasteiger partial charge on any atom is -0.463 e. The summed E-state index contributed by atoms with van der Waals surface area (Å²) < 4.78 is 71.1. The number of carbonyl (C=O) groups is 2. The van der Waals surface area contributed by atoms with E-state index in [1.807, 2.05) is 0 Å². The highest BCUT2D eigenvalue weighted by Crippen LogP contribution is 2.34. The van der Waals surface area contributed by atoms with E-state index in [-0.39, 0.29) is 0 Å². The molecule has 1 aromatic rings. The molecule has 1 rings (SSSR count). The number of benzene rings is 1. The molecule has 0 saturated heterocycles. The molecule has 23 heavy (non-hydrogen) atoms. The third-order valence-electron chi connectivity index (χ3n) is 2.62. The average molecular weight is 340 g/mol. The first kappa shape index (κ1) is 18.7. The fourth-order valence-corrected chi connectivity index (χ4v) is 1.69. The monoisotopic (exact) mass is 340 g/mol. The van der Waals surface area contributed by atoms with E-state index in [2.05, 4.69) is 4.74 Å². The van der Waals surface area contributed by atoms with Crippen LogP contribution in [-0.4, -0.2) is 30.3 Å². The Morgan fingerprint density at radius 1 is 1.22 bits per heavy atom. The van der Waals surface area contributed by atoms with Crippen LogP contribution >= 0.6 is 0 Å². The predicted octanol–water partition coefficient (Wildman–Crippen LogP) is 2.33. The third-order valence-corrected chi connectivity index (χ3v) is 2.62. The van der Waals surface area contributed by atoms with Crippen molar-refractivity contribution in [2.24, 2.45) is 0 Å². The highest BCUT2D eigenvalue weighted by molar-refractivity contribution is 5.90. The van der Waals surface area contributed by atoms with Gasteiger partial charge in [0.2, 0.25) is 5.91 Å². The average Bonchev–Trinajstić information content (AvgIpc) is 2.39. The molecule has 0 aromatic heterocycles. The fraction of sp³-hybridized carbons (Fsp3) is 0.385. The van der Waals surface area contributed by atoms with Gasteiger partial charge in [0.1, 0.15) is 11.6 Å². The van der Waals surface area contributed by atoms with E-state index >= 15 is 0 Å². The highest BCUT2D eigenvalue weighted by atomic mass is 19.4. The number of hydrogen-bond acceptors (Lipinski definition) is 4. The van der Waals surface area contributed by atoms with Crippen molar-refractivity contribution in [2.75, 3.05) is 11.9 Å². The van der Waals surface area contributed by atoms with Crippen molar-refractivity contribution in [2.45, 2.75) is 25.7 Å². The second-order valence-corrected chi connectivity index (χ2v) is 4.40. The summed E-state index contributed by atoms with van der Waals surface area (Å²) in [5.74, 6) is -5.51. The van der Waals surface area contributed by atoms with E-state index in [9.17, 15) is 31.5 Å². The zero-order valence-electron chi connectivity index (χ0n) is 12.1. The van der Waals surface area contributed by atoms with Gasteiger partial charge in [-0.15, -0.1) is 0 Å². The van der Waals surface area contributed by atoms with Crippen molar-refractivity contribution in [1.82, 2.24) is 5.32 Å². The highest BCUT2D eigenvalue weighted by Gasteiger charge is 2.63. The number of esters is 1. The molecule has 0 aliphatic rings. The molecule has 0 spiro atoms. The van der Waals surface area contributed by atoms with Crippen LogP contribution in [0, 0.1) is 11.6 Å². The van der Waals surface area contributed by atoms with Gasteiger partial charge < -0.3 is 15.4 Å². The lowest BCUT2D eigenvalue weighted by Gasteiger charge is -2.35. The number of anilines is 1. The Hall–Kier alpha value is -2.39. The van der Waals surface area contributed by atoms with E-state index in [1.165, 1.54) is 12.2 Å². The van der Waals surface area contributed by atoms with E-state index in [0.717, 1.165) is 6.92 Å². The van der Waals surface area contributed by atoms with Crippen LogP contribution in [0.4, 0.5) is 27.6 Å². The Kier molecular flexibility index (Phi) is 5.51. The van der Waals surface area contributed by atoms with Crippen LogP contribution in [0.5, 0.6) is 0 Å². The Morgan fingerprint density at radius 2 is 1.83 bits per heavy atom. The van der Waals surface area contributed by atoms with Gasteiger partial charge in [-0.2, -0.15) is 13.2 Å². The molecule has 1 amide bonds. The maximum atomic E-state index is 13.6. The van der Waals surface area contributed by atoms with Crippen molar-refractivity contribution >= 4 is 17.6 Å². The molecule has 0 bridgehead atoms. The summed E-state index contributed by atoms with van der Waals surface area (Å²) in [7, 11) is 0. The summed E-state index contributed by atoms with van der Waals surface area (Å²) >= 11 is 0. The summed E-state index contributed by atoms with van der Waals surface area (Å²) in [5.41, 5.74) is -4.56. The molecule has 5 nitrogen and oxygen atoms in total.